The van der Waals surface area contributed by atoms with Gasteiger partial charge in [-0.3, -0.25) is 4.79 Å². The summed E-state index contributed by atoms with van der Waals surface area (Å²) in [6.07, 6.45) is 3.38. The van der Waals surface area contributed by atoms with E-state index in [1.54, 1.807) is 28.3 Å². The molecular formula is C15H22N4OS. The van der Waals surface area contributed by atoms with E-state index in [0.717, 1.165) is 15.6 Å². The molecule has 2 rings (SSSR count). The number of anilines is 1. The second-order valence-corrected chi connectivity index (χ2v) is 7.41. The minimum absolute atomic E-state index is 0.00668. The van der Waals surface area contributed by atoms with Gasteiger partial charge in [0.05, 0.1) is 16.7 Å². The Morgan fingerprint density at radius 2 is 2.00 bits per heavy atom. The van der Waals surface area contributed by atoms with Gasteiger partial charge in [-0.1, -0.05) is 0 Å². The molecule has 2 aromatic heterocycles. The van der Waals surface area contributed by atoms with Crippen molar-refractivity contribution in [1.29, 1.82) is 0 Å². The molecule has 2 heterocycles. The fraction of sp³-hybridized carbons (Fsp3) is 0.533. The molecule has 0 saturated heterocycles. The highest BCUT2D eigenvalue weighted by Crippen LogP contribution is 2.26. The molecule has 0 aliphatic rings. The van der Waals surface area contributed by atoms with Crippen molar-refractivity contribution in [3.8, 4) is 0 Å². The third kappa shape index (κ3) is 3.32. The van der Waals surface area contributed by atoms with Crippen LogP contribution >= 0.6 is 11.3 Å². The van der Waals surface area contributed by atoms with Crippen LogP contribution in [0.4, 0.5) is 5.82 Å². The molecule has 5 nitrogen and oxygen atoms in total. The normalized spacial score (nSPS) is 13.2. The average Bonchev–Trinajstić information content (AvgIpc) is 2.69. The molecule has 0 amide bonds. The van der Waals surface area contributed by atoms with Crippen LogP contribution in [0.15, 0.2) is 17.2 Å². The lowest BCUT2D eigenvalue weighted by Gasteiger charge is -2.23. The van der Waals surface area contributed by atoms with Crippen molar-refractivity contribution in [1.82, 2.24) is 14.5 Å². The Hall–Kier alpha value is -1.69. The largest absolute Gasteiger partial charge is 0.358 e. The molecule has 0 aromatic carbocycles. The van der Waals surface area contributed by atoms with Crippen LogP contribution in [-0.4, -0.2) is 14.5 Å². The third-order valence-corrected chi connectivity index (χ3v) is 4.50. The van der Waals surface area contributed by atoms with E-state index in [4.69, 9.17) is 0 Å². The molecule has 0 saturated carbocycles. The molecule has 0 fully saturated rings. The zero-order valence-electron chi connectivity index (χ0n) is 13.4. The lowest BCUT2D eigenvalue weighted by molar-refractivity contribution is 0.383. The number of aromatic nitrogens is 3. The maximum atomic E-state index is 12.5. The fourth-order valence-electron chi connectivity index (χ4n) is 2.26. The Morgan fingerprint density at radius 1 is 1.33 bits per heavy atom. The Bertz CT molecular complexity index is 696. The smallest absolute Gasteiger partial charge is 0.293 e. The number of nitrogens with zero attached hydrogens (tertiary/aromatic N) is 3. The van der Waals surface area contributed by atoms with Crippen molar-refractivity contribution in [2.75, 3.05) is 5.32 Å². The molecule has 2 aromatic rings. The molecule has 0 spiro atoms. The Morgan fingerprint density at radius 3 is 2.52 bits per heavy atom. The molecule has 0 aliphatic carbocycles. The number of hydrogen-bond donors (Lipinski definition) is 1. The van der Waals surface area contributed by atoms with Crippen LogP contribution in [0.5, 0.6) is 0 Å². The highest BCUT2D eigenvalue weighted by molar-refractivity contribution is 7.11. The van der Waals surface area contributed by atoms with Gasteiger partial charge in [-0.2, -0.15) is 0 Å². The van der Waals surface area contributed by atoms with Crippen molar-refractivity contribution in [3.05, 3.63) is 38.3 Å². The summed E-state index contributed by atoms with van der Waals surface area (Å²) in [6.45, 7) is 12.0. The first kappa shape index (κ1) is 15.7. The molecule has 0 bridgehead atoms. The number of hydrogen-bond acceptors (Lipinski definition) is 5. The van der Waals surface area contributed by atoms with Gasteiger partial charge in [0.15, 0.2) is 5.82 Å². The van der Waals surface area contributed by atoms with Gasteiger partial charge in [0.25, 0.3) is 5.56 Å². The third-order valence-electron chi connectivity index (χ3n) is 3.25. The van der Waals surface area contributed by atoms with Crippen LogP contribution in [0.2, 0.25) is 0 Å². The van der Waals surface area contributed by atoms with Crippen molar-refractivity contribution >= 4 is 17.2 Å². The average molecular weight is 306 g/mol. The van der Waals surface area contributed by atoms with E-state index >= 15 is 0 Å². The SMILES string of the molecule is Cc1nc(C)c(C(C)Nc2nccn(C(C)(C)C)c2=O)s1. The summed E-state index contributed by atoms with van der Waals surface area (Å²) in [6, 6.07) is 0.00668. The lowest BCUT2D eigenvalue weighted by atomic mass is 10.1. The number of thiazole rings is 1. The molecular weight excluding hydrogens is 284 g/mol. The van der Waals surface area contributed by atoms with Gasteiger partial charge in [-0.05, 0) is 41.5 Å². The summed E-state index contributed by atoms with van der Waals surface area (Å²) in [5, 5.41) is 4.25. The van der Waals surface area contributed by atoms with Gasteiger partial charge in [-0.25, -0.2) is 9.97 Å². The Labute approximate surface area is 129 Å². The maximum Gasteiger partial charge on any atom is 0.293 e. The molecule has 0 aliphatic heterocycles. The number of nitrogens with one attached hydrogen (secondary N) is 1. The van der Waals surface area contributed by atoms with Crippen molar-refractivity contribution < 1.29 is 0 Å². The van der Waals surface area contributed by atoms with Crippen LogP contribution in [0.3, 0.4) is 0 Å². The number of rotatable bonds is 3. The van der Waals surface area contributed by atoms with E-state index in [0.29, 0.717) is 5.82 Å². The molecule has 1 atom stereocenters. The van der Waals surface area contributed by atoms with Crippen LogP contribution < -0.4 is 10.9 Å². The monoisotopic (exact) mass is 306 g/mol. The first-order valence-electron chi connectivity index (χ1n) is 6.98. The van der Waals surface area contributed by atoms with Gasteiger partial charge < -0.3 is 9.88 Å². The van der Waals surface area contributed by atoms with Gasteiger partial charge in [0.2, 0.25) is 0 Å². The van der Waals surface area contributed by atoms with Gasteiger partial charge >= 0.3 is 0 Å². The summed E-state index contributed by atoms with van der Waals surface area (Å²) in [5.41, 5.74) is 0.636. The van der Waals surface area contributed by atoms with Crippen molar-refractivity contribution in [3.63, 3.8) is 0 Å². The highest BCUT2D eigenvalue weighted by atomic mass is 32.1. The van der Waals surface area contributed by atoms with E-state index in [9.17, 15) is 4.79 Å². The highest BCUT2D eigenvalue weighted by Gasteiger charge is 2.19. The molecule has 114 valence electrons. The minimum Gasteiger partial charge on any atom is -0.358 e. The van der Waals surface area contributed by atoms with Crippen LogP contribution in [0.25, 0.3) is 0 Å². The van der Waals surface area contributed by atoms with Crippen LogP contribution in [0.1, 0.15) is 49.3 Å². The fourth-order valence-corrected chi connectivity index (χ4v) is 3.19. The Balaban J connectivity index is 2.32. The quantitative estimate of drug-likeness (QED) is 0.945. The van der Waals surface area contributed by atoms with Crippen molar-refractivity contribution in [2.24, 2.45) is 0 Å². The molecule has 1 unspecified atom stereocenters. The summed E-state index contributed by atoms with van der Waals surface area (Å²) < 4.78 is 1.69. The molecule has 1 N–H and O–H groups in total. The molecule has 0 radical (unpaired) electrons. The molecule has 21 heavy (non-hydrogen) atoms. The summed E-state index contributed by atoms with van der Waals surface area (Å²) in [7, 11) is 0. The van der Waals surface area contributed by atoms with Gasteiger partial charge in [-0.15, -0.1) is 11.3 Å². The van der Waals surface area contributed by atoms with Gasteiger partial charge in [0.1, 0.15) is 0 Å². The summed E-state index contributed by atoms with van der Waals surface area (Å²) in [4.78, 5) is 22.3. The van der Waals surface area contributed by atoms with E-state index in [-0.39, 0.29) is 17.1 Å². The van der Waals surface area contributed by atoms with Crippen molar-refractivity contribution in [2.45, 2.75) is 53.1 Å². The zero-order valence-corrected chi connectivity index (χ0v) is 14.2. The minimum atomic E-state index is -0.267. The second kappa shape index (κ2) is 5.60. The Kier molecular flexibility index (Phi) is 4.18. The summed E-state index contributed by atoms with van der Waals surface area (Å²) >= 11 is 1.65. The van der Waals surface area contributed by atoms with Crippen LogP contribution in [0, 0.1) is 13.8 Å². The first-order valence-corrected chi connectivity index (χ1v) is 7.80. The van der Waals surface area contributed by atoms with E-state index in [2.05, 4.69) is 15.3 Å². The maximum absolute atomic E-state index is 12.5. The topological polar surface area (TPSA) is 59.8 Å². The van der Waals surface area contributed by atoms with Crippen LogP contribution in [-0.2, 0) is 5.54 Å². The summed E-state index contributed by atoms with van der Waals surface area (Å²) in [5.74, 6) is 0.380. The first-order chi connectivity index (χ1) is 9.70. The second-order valence-electron chi connectivity index (χ2n) is 6.17. The standard InChI is InChI=1S/C15H22N4OS/c1-9-12(21-11(3)17-9)10(2)18-13-14(20)19(8-7-16-13)15(4,5)6/h7-8,10H,1-6H3,(H,16,18). The van der Waals surface area contributed by atoms with E-state index < -0.39 is 0 Å². The predicted molar refractivity (Wildman–Crippen MR) is 87.1 cm³/mol. The van der Waals surface area contributed by atoms with Gasteiger partial charge in [0, 0.05) is 22.8 Å². The predicted octanol–water partition coefficient (Wildman–Crippen LogP) is 3.24. The number of aryl methyl sites for hydroxylation is 2. The molecule has 6 heteroatoms. The van der Waals surface area contributed by atoms with E-state index in [1.165, 1.54) is 0 Å². The van der Waals surface area contributed by atoms with E-state index in [1.807, 2.05) is 41.5 Å². The zero-order chi connectivity index (χ0) is 15.8. The lowest BCUT2D eigenvalue weighted by Crippen LogP contribution is -2.35.